The van der Waals surface area contributed by atoms with Crippen molar-refractivity contribution >= 4 is 23.8 Å². The molecule has 0 aromatic heterocycles. The summed E-state index contributed by atoms with van der Waals surface area (Å²) in [6.07, 6.45) is 2.18. The predicted octanol–water partition coefficient (Wildman–Crippen LogP) is 3.92. The Kier molecular flexibility index (Phi) is 12.6. The zero-order chi connectivity index (χ0) is 29.1. The summed E-state index contributed by atoms with van der Waals surface area (Å²) in [7, 11) is 0. The number of aromatic hydroxyl groups is 1. The number of phenols is 1. The first-order valence-corrected chi connectivity index (χ1v) is 13.3. The summed E-state index contributed by atoms with van der Waals surface area (Å²) in [6.45, 7) is 13.2. The van der Waals surface area contributed by atoms with Gasteiger partial charge >= 0.3 is 6.09 Å². The Morgan fingerprint density at radius 2 is 1.63 bits per heavy atom. The molecule has 2 unspecified atom stereocenters. The van der Waals surface area contributed by atoms with Crippen LogP contribution in [0.4, 0.5) is 4.79 Å². The van der Waals surface area contributed by atoms with E-state index in [0.29, 0.717) is 18.5 Å². The summed E-state index contributed by atoms with van der Waals surface area (Å²) in [5, 5.41) is 15.4. The van der Waals surface area contributed by atoms with Crippen molar-refractivity contribution in [2.75, 3.05) is 6.54 Å². The Balaban J connectivity index is 3.56. The summed E-state index contributed by atoms with van der Waals surface area (Å²) in [5.74, 6) is -1.54. The molecule has 10 nitrogen and oxygen atoms in total. The molecule has 0 aliphatic rings. The number of rotatable bonds is 14. The number of phenolic OH excluding ortho intramolecular Hbond substituents is 1. The van der Waals surface area contributed by atoms with Gasteiger partial charge in [0.05, 0.1) is 0 Å². The maximum absolute atomic E-state index is 14.2. The first kappa shape index (κ1) is 32.7. The van der Waals surface area contributed by atoms with Gasteiger partial charge in [-0.15, -0.1) is 0 Å². The highest BCUT2D eigenvalue weighted by Gasteiger charge is 2.43. The first-order valence-electron chi connectivity index (χ1n) is 13.3. The smallest absolute Gasteiger partial charge is 0.408 e. The van der Waals surface area contributed by atoms with E-state index in [1.807, 2.05) is 20.8 Å². The van der Waals surface area contributed by atoms with Crippen molar-refractivity contribution in [3.05, 3.63) is 29.8 Å². The molecule has 1 aromatic rings. The van der Waals surface area contributed by atoms with Crippen LogP contribution in [0.25, 0.3) is 0 Å². The van der Waals surface area contributed by atoms with Gasteiger partial charge in [0, 0.05) is 18.5 Å². The number of carbonyl (C=O) groups is 4. The van der Waals surface area contributed by atoms with Crippen molar-refractivity contribution < 1.29 is 29.0 Å². The summed E-state index contributed by atoms with van der Waals surface area (Å²) in [6, 6.07) is 3.87. The van der Waals surface area contributed by atoms with Crippen LogP contribution < -0.4 is 16.4 Å². The van der Waals surface area contributed by atoms with Crippen molar-refractivity contribution in [2.24, 2.45) is 5.73 Å². The largest absolute Gasteiger partial charge is 0.508 e. The second-order valence-corrected chi connectivity index (χ2v) is 11.1. The molecule has 0 aliphatic heterocycles. The molecule has 1 aromatic carbocycles. The number of ether oxygens (including phenoxy) is 1. The third kappa shape index (κ3) is 10.6. The van der Waals surface area contributed by atoms with Gasteiger partial charge in [-0.2, -0.15) is 0 Å². The van der Waals surface area contributed by atoms with E-state index in [2.05, 4.69) is 17.6 Å². The van der Waals surface area contributed by atoms with Gasteiger partial charge in [-0.05, 0) is 71.6 Å². The summed E-state index contributed by atoms with van der Waals surface area (Å²) >= 11 is 0. The SMILES string of the molecule is CCCCCNC(=O)C(c1ccc(O)cc1)N(C(=O)C(CCC(N)=O)NC(=O)OC(C)(C)C)C(C)(C)CC. The van der Waals surface area contributed by atoms with Crippen LogP contribution in [0.1, 0.15) is 98.6 Å². The molecule has 2 atom stereocenters. The molecule has 0 aliphatic carbocycles. The highest BCUT2D eigenvalue weighted by molar-refractivity contribution is 5.93. The molecule has 0 spiro atoms. The van der Waals surface area contributed by atoms with Gasteiger partial charge in [-0.3, -0.25) is 14.4 Å². The van der Waals surface area contributed by atoms with Crippen LogP contribution in [-0.2, 0) is 19.1 Å². The summed E-state index contributed by atoms with van der Waals surface area (Å²) in [4.78, 5) is 53.5. The lowest BCUT2D eigenvalue weighted by Gasteiger charge is -2.44. The van der Waals surface area contributed by atoms with Gasteiger partial charge in [0.1, 0.15) is 23.4 Å². The normalized spacial score (nSPS) is 13.2. The number of hydrogen-bond acceptors (Lipinski definition) is 6. The van der Waals surface area contributed by atoms with E-state index in [0.717, 1.165) is 19.3 Å². The number of alkyl carbamates (subject to hydrolysis) is 1. The van der Waals surface area contributed by atoms with Gasteiger partial charge < -0.3 is 31.1 Å². The summed E-state index contributed by atoms with van der Waals surface area (Å²) in [5.41, 5.74) is 4.21. The fourth-order valence-corrected chi connectivity index (χ4v) is 3.86. The van der Waals surface area contributed by atoms with E-state index in [-0.39, 0.29) is 24.5 Å². The number of nitrogens with two attached hydrogens (primary N) is 1. The Labute approximate surface area is 226 Å². The van der Waals surface area contributed by atoms with Crippen molar-refractivity contribution in [1.29, 1.82) is 0 Å². The van der Waals surface area contributed by atoms with E-state index < -0.39 is 41.1 Å². The zero-order valence-corrected chi connectivity index (χ0v) is 23.9. The third-order valence-electron chi connectivity index (χ3n) is 6.22. The highest BCUT2D eigenvalue weighted by Crippen LogP contribution is 2.33. The van der Waals surface area contributed by atoms with Crippen molar-refractivity contribution in [3.8, 4) is 5.75 Å². The lowest BCUT2D eigenvalue weighted by atomic mass is 9.91. The van der Waals surface area contributed by atoms with Gasteiger partial charge in [0.2, 0.25) is 17.7 Å². The van der Waals surface area contributed by atoms with Crippen LogP contribution in [0.5, 0.6) is 5.75 Å². The minimum Gasteiger partial charge on any atom is -0.508 e. The molecule has 0 saturated heterocycles. The number of nitrogens with zero attached hydrogens (tertiary/aromatic N) is 1. The topological polar surface area (TPSA) is 151 Å². The molecule has 5 N–H and O–H groups in total. The Morgan fingerprint density at radius 3 is 2.13 bits per heavy atom. The number of hydrogen-bond donors (Lipinski definition) is 4. The highest BCUT2D eigenvalue weighted by atomic mass is 16.6. The van der Waals surface area contributed by atoms with Crippen LogP contribution in [0.3, 0.4) is 0 Å². The lowest BCUT2D eigenvalue weighted by molar-refractivity contribution is -0.149. The van der Waals surface area contributed by atoms with Gasteiger partial charge in [0.15, 0.2) is 0 Å². The molecule has 0 bridgehead atoms. The minimum atomic E-state index is -1.17. The third-order valence-corrected chi connectivity index (χ3v) is 6.22. The predicted molar refractivity (Wildman–Crippen MR) is 146 cm³/mol. The Bertz CT molecular complexity index is 940. The van der Waals surface area contributed by atoms with Crippen molar-refractivity contribution in [2.45, 2.75) is 110 Å². The van der Waals surface area contributed by atoms with Crippen LogP contribution >= 0.6 is 0 Å². The maximum atomic E-state index is 14.2. The van der Waals surface area contributed by atoms with E-state index >= 15 is 0 Å². The Hall–Kier alpha value is -3.30. The number of benzene rings is 1. The zero-order valence-electron chi connectivity index (χ0n) is 23.9. The van der Waals surface area contributed by atoms with E-state index in [1.165, 1.54) is 17.0 Å². The quantitative estimate of drug-likeness (QED) is 0.266. The second kappa shape index (κ2) is 14.6. The van der Waals surface area contributed by atoms with Gasteiger partial charge in [-0.1, -0.05) is 38.8 Å². The Morgan fingerprint density at radius 1 is 1.03 bits per heavy atom. The molecule has 214 valence electrons. The average Bonchev–Trinajstić information content (AvgIpc) is 2.81. The van der Waals surface area contributed by atoms with E-state index in [1.54, 1.807) is 32.9 Å². The molecular formula is C28H46N4O6. The molecule has 0 fully saturated rings. The molecule has 0 heterocycles. The van der Waals surface area contributed by atoms with Crippen molar-refractivity contribution in [3.63, 3.8) is 0 Å². The van der Waals surface area contributed by atoms with Crippen LogP contribution in [0, 0.1) is 0 Å². The number of nitrogens with one attached hydrogen (secondary N) is 2. The number of primary amides is 1. The summed E-state index contributed by atoms with van der Waals surface area (Å²) < 4.78 is 5.35. The average molecular weight is 535 g/mol. The molecule has 38 heavy (non-hydrogen) atoms. The van der Waals surface area contributed by atoms with Crippen LogP contribution in [-0.4, -0.2) is 57.5 Å². The van der Waals surface area contributed by atoms with Crippen molar-refractivity contribution in [1.82, 2.24) is 15.5 Å². The number of amides is 4. The second-order valence-electron chi connectivity index (χ2n) is 11.1. The minimum absolute atomic E-state index is 0.0226. The monoisotopic (exact) mass is 534 g/mol. The first-order chi connectivity index (χ1) is 17.6. The lowest BCUT2D eigenvalue weighted by Crippen LogP contribution is -2.59. The maximum Gasteiger partial charge on any atom is 0.408 e. The standard InChI is InChI=1S/C28H46N4O6/c1-8-10-11-18-30-24(35)23(19-12-14-20(33)15-13-19)32(28(6,7)9-2)25(36)21(16-17-22(29)34)31-26(37)38-27(3,4)5/h12-15,21,23,33H,8-11,16-18H2,1-7H3,(H2,29,34)(H,30,35)(H,31,37). The van der Waals surface area contributed by atoms with Gasteiger partial charge in [0.25, 0.3) is 0 Å². The van der Waals surface area contributed by atoms with E-state index in [4.69, 9.17) is 10.5 Å². The fraction of sp³-hybridized carbons (Fsp3) is 0.643. The fourth-order valence-electron chi connectivity index (χ4n) is 3.86. The molecule has 4 amide bonds. The molecule has 0 radical (unpaired) electrons. The van der Waals surface area contributed by atoms with E-state index in [9.17, 15) is 24.3 Å². The van der Waals surface area contributed by atoms with Crippen LogP contribution in [0.15, 0.2) is 24.3 Å². The van der Waals surface area contributed by atoms with Crippen LogP contribution in [0.2, 0.25) is 0 Å². The molecule has 10 heteroatoms. The number of unbranched alkanes of at least 4 members (excludes halogenated alkanes) is 2. The molecule has 0 saturated carbocycles. The molecular weight excluding hydrogens is 488 g/mol. The number of carbonyl (C=O) groups excluding carboxylic acids is 4. The van der Waals surface area contributed by atoms with Gasteiger partial charge in [-0.25, -0.2) is 4.79 Å². The molecule has 1 rings (SSSR count).